The smallest absolute Gasteiger partial charge is 0.221 e. The number of benzene rings is 1. The molecule has 0 saturated carbocycles. The van der Waals surface area contributed by atoms with Gasteiger partial charge in [-0.3, -0.25) is 4.79 Å². The van der Waals surface area contributed by atoms with Crippen molar-refractivity contribution in [1.29, 1.82) is 0 Å². The minimum Gasteiger partial charge on any atom is -0.382 e. The van der Waals surface area contributed by atoms with Crippen molar-refractivity contribution in [2.75, 3.05) is 25.0 Å². The average Bonchev–Trinajstić information content (AvgIpc) is 2.92. The van der Waals surface area contributed by atoms with Crippen molar-refractivity contribution in [3.8, 4) is 0 Å². The van der Waals surface area contributed by atoms with Crippen molar-refractivity contribution in [3.63, 3.8) is 0 Å². The van der Waals surface area contributed by atoms with E-state index in [1.54, 1.807) is 18.2 Å². The van der Waals surface area contributed by atoms with E-state index in [9.17, 15) is 9.18 Å². The second kappa shape index (κ2) is 7.09. The zero-order valence-electron chi connectivity index (χ0n) is 10.8. The summed E-state index contributed by atoms with van der Waals surface area (Å²) in [6, 6.07) is 6.43. The summed E-state index contributed by atoms with van der Waals surface area (Å²) in [4.78, 5) is 11.6. The maximum absolute atomic E-state index is 13.3. The highest BCUT2D eigenvalue weighted by Gasteiger charge is 2.15. The predicted octanol–water partition coefficient (Wildman–Crippen LogP) is 1.92. The highest BCUT2D eigenvalue weighted by atomic mass is 19.1. The van der Waals surface area contributed by atoms with Gasteiger partial charge in [0, 0.05) is 26.1 Å². The summed E-state index contributed by atoms with van der Waals surface area (Å²) in [6.07, 6.45) is 2.55. The van der Waals surface area contributed by atoms with E-state index < -0.39 is 0 Å². The van der Waals surface area contributed by atoms with E-state index in [4.69, 9.17) is 4.74 Å². The van der Waals surface area contributed by atoms with E-state index in [0.717, 1.165) is 19.4 Å². The lowest BCUT2D eigenvalue weighted by atomic mass is 10.2. The van der Waals surface area contributed by atoms with Crippen molar-refractivity contribution < 1.29 is 13.9 Å². The first-order chi connectivity index (χ1) is 9.25. The van der Waals surface area contributed by atoms with Gasteiger partial charge in [-0.15, -0.1) is 0 Å². The number of carbonyl (C=O) groups is 1. The first kappa shape index (κ1) is 13.8. The van der Waals surface area contributed by atoms with E-state index in [1.807, 2.05) is 0 Å². The highest BCUT2D eigenvalue weighted by Crippen LogP contribution is 2.12. The molecule has 1 heterocycles. The molecule has 4 nitrogen and oxygen atoms in total. The molecule has 0 aromatic heterocycles. The Morgan fingerprint density at radius 3 is 3.00 bits per heavy atom. The molecule has 0 bridgehead atoms. The van der Waals surface area contributed by atoms with Gasteiger partial charge in [-0.2, -0.15) is 0 Å². The summed E-state index contributed by atoms with van der Waals surface area (Å²) in [7, 11) is 0. The Balaban J connectivity index is 1.62. The van der Waals surface area contributed by atoms with Crippen LogP contribution in [0.1, 0.15) is 19.3 Å². The van der Waals surface area contributed by atoms with Crippen LogP contribution in [-0.4, -0.2) is 31.7 Å². The van der Waals surface area contributed by atoms with Crippen LogP contribution in [-0.2, 0) is 9.53 Å². The lowest BCUT2D eigenvalue weighted by molar-refractivity contribution is -0.121. The fourth-order valence-electron chi connectivity index (χ4n) is 2.04. The molecule has 1 aliphatic rings. The number of anilines is 1. The number of amides is 1. The molecule has 1 aromatic carbocycles. The van der Waals surface area contributed by atoms with Crippen molar-refractivity contribution in [1.82, 2.24) is 5.32 Å². The van der Waals surface area contributed by atoms with Gasteiger partial charge in [0.05, 0.1) is 11.8 Å². The van der Waals surface area contributed by atoms with Gasteiger partial charge in [-0.25, -0.2) is 4.39 Å². The fourth-order valence-corrected chi connectivity index (χ4v) is 2.04. The van der Waals surface area contributed by atoms with Crippen molar-refractivity contribution in [3.05, 3.63) is 30.1 Å². The third-order valence-corrected chi connectivity index (χ3v) is 3.09. The van der Waals surface area contributed by atoms with E-state index >= 15 is 0 Å². The summed E-state index contributed by atoms with van der Waals surface area (Å²) >= 11 is 0. The van der Waals surface area contributed by atoms with Gasteiger partial charge in [0.25, 0.3) is 0 Å². The molecule has 19 heavy (non-hydrogen) atoms. The molecule has 1 aromatic rings. The summed E-state index contributed by atoms with van der Waals surface area (Å²) in [6.45, 7) is 1.77. The van der Waals surface area contributed by atoms with Gasteiger partial charge in [-0.05, 0) is 25.0 Å². The number of rotatable bonds is 6. The predicted molar refractivity (Wildman–Crippen MR) is 71.5 cm³/mol. The molecule has 1 amide bonds. The Kier molecular flexibility index (Phi) is 5.15. The Hall–Kier alpha value is -1.62. The van der Waals surface area contributed by atoms with Crippen LogP contribution in [0.4, 0.5) is 10.1 Å². The SMILES string of the molecule is O=C(CCNc1ccccc1F)NCC1CCCO1. The molecule has 0 radical (unpaired) electrons. The molecule has 0 spiro atoms. The molecule has 1 saturated heterocycles. The average molecular weight is 266 g/mol. The Bertz CT molecular complexity index is 420. The summed E-state index contributed by atoms with van der Waals surface area (Å²) in [5.41, 5.74) is 0.425. The van der Waals surface area contributed by atoms with Crippen LogP contribution in [0.25, 0.3) is 0 Å². The van der Waals surface area contributed by atoms with Gasteiger partial charge in [0.15, 0.2) is 0 Å². The van der Waals surface area contributed by atoms with Gasteiger partial charge in [0.1, 0.15) is 5.82 Å². The topological polar surface area (TPSA) is 50.4 Å². The van der Waals surface area contributed by atoms with Crippen LogP contribution in [0.5, 0.6) is 0 Å². The minimum absolute atomic E-state index is 0.0423. The maximum Gasteiger partial charge on any atom is 0.221 e. The van der Waals surface area contributed by atoms with Crippen LogP contribution in [0.3, 0.4) is 0 Å². The molecule has 1 fully saturated rings. The number of ether oxygens (including phenoxy) is 1. The van der Waals surface area contributed by atoms with Crippen LogP contribution >= 0.6 is 0 Å². The molecular weight excluding hydrogens is 247 g/mol. The number of para-hydroxylation sites is 1. The number of nitrogens with one attached hydrogen (secondary N) is 2. The van der Waals surface area contributed by atoms with E-state index in [1.165, 1.54) is 6.07 Å². The lowest BCUT2D eigenvalue weighted by Gasteiger charge is -2.11. The van der Waals surface area contributed by atoms with E-state index in [0.29, 0.717) is 25.2 Å². The Morgan fingerprint density at radius 2 is 2.26 bits per heavy atom. The summed E-state index contributed by atoms with van der Waals surface area (Å²) in [5, 5.41) is 5.73. The van der Waals surface area contributed by atoms with Gasteiger partial charge >= 0.3 is 0 Å². The van der Waals surface area contributed by atoms with Crippen molar-refractivity contribution in [2.24, 2.45) is 0 Å². The molecule has 0 aliphatic carbocycles. The molecule has 1 unspecified atom stereocenters. The number of hydrogen-bond acceptors (Lipinski definition) is 3. The van der Waals surface area contributed by atoms with Crippen molar-refractivity contribution >= 4 is 11.6 Å². The third-order valence-electron chi connectivity index (χ3n) is 3.09. The van der Waals surface area contributed by atoms with Crippen LogP contribution in [0.2, 0.25) is 0 Å². The van der Waals surface area contributed by atoms with E-state index in [-0.39, 0.29) is 17.8 Å². The Labute approximate surface area is 112 Å². The van der Waals surface area contributed by atoms with Crippen LogP contribution < -0.4 is 10.6 Å². The fraction of sp³-hybridized carbons (Fsp3) is 0.500. The second-order valence-corrected chi connectivity index (χ2v) is 4.60. The van der Waals surface area contributed by atoms with E-state index in [2.05, 4.69) is 10.6 Å². The largest absolute Gasteiger partial charge is 0.382 e. The maximum atomic E-state index is 13.3. The third kappa shape index (κ3) is 4.52. The molecular formula is C14H19FN2O2. The standard InChI is InChI=1S/C14H19FN2O2/c15-12-5-1-2-6-13(12)16-8-7-14(18)17-10-11-4-3-9-19-11/h1-2,5-6,11,16H,3-4,7-10H2,(H,17,18). The molecule has 1 atom stereocenters. The molecule has 5 heteroatoms. The Morgan fingerprint density at radius 1 is 1.42 bits per heavy atom. The number of halogens is 1. The zero-order valence-corrected chi connectivity index (χ0v) is 10.8. The normalized spacial score (nSPS) is 18.3. The van der Waals surface area contributed by atoms with Crippen molar-refractivity contribution in [2.45, 2.75) is 25.4 Å². The minimum atomic E-state index is -0.303. The lowest BCUT2D eigenvalue weighted by Crippen LogP contribution is -2.32. The first-order valence-electron chi connectivity index (χ1n) is 6.62. The van der Waals surface area contributed by atoms with Gasteiger partial charge in [0.2, 0.25) is 5.91 Å². The van der Waals surface area contributed by atoms with Crippen LogP contribution in [0.15, 0.2) is 24.3 Å². The number of hydrogen-bond donors (Lipinski definition) is 2. The summed E-state index contributed by atoms with van der Waals surface area (Å²) in [5.74, 6) is -0.346. The van der Waals surface area contributed by atoms with Gasteiger partial charge < -0.3 is 15.4 Å². The zero-order chi connectivity index (χ0) is 13.5. The highest BCUT2D eigenvalue weighted by molar-refractivity contribution is 5.76. The summed E-state index contributed by atoms with van der Waals surface area (Å²) < 4.78 is 18.7. The number of carbonyl (C=O) groups excluding carboxylic acids is 1. The van der Waals surface area contributed by atoms with Gasteiger partial charge in [-0.1, -0.05) is 12.1 Å². The van der Waals surface area contributed by atoms with Crippen LogP contribution in [0, 0.1) is 5.82 Å². The molecule has 2 N–H and O–H groups in total. The molecule has 1 aliphatic heterocycles. The second-order valence-electron chi connectivity index (χ2n) is 4.60. The monoisotopic (exact) mass is 266 g/mol. The molecule has 104 valence electrons. The first-order valence-corrected chi connectivity index (χ1v) is 6.62. The molecule has 2 rings (SSSR count). The quantitative estimate of drug-likeness (QED) is 0.827.